The van der Waals surface area contributed by atoms with Gasteiger partial charge in [-0.05, 0) is 43.4 Å². The van der Waals surface area contributed by atoms with Crippen molar-refractivity contribution in [2.75, 3.05) is 33.3 Å². The zero-order chi connectivity index (χ0) is 17.8. The van der Waals surface area contributed by atoms with E-state index in [0.29, 0.717) is 44.1 Å². The van der Waals surface area contributed by atoms with Gasteiger partial charge in [-0.25, -0.2) is 0 Å². The third-order valence-electron chi connectivity index (χ3n) is 5.51. The molecule has 25 heavy (non-hydrogen) atoms. The van der Waals surface area contributed by atoms with Crippen molar-refractivity contribution < 1.29 is 14.3 Å². The van der Waals surface area contributed by atoms with Gasteiger partial charge in [-0.15, -0.1) is 0 Å². The molecule has 2 amide bonds. The monoisotopic (exact) mass is 344 g/mol. The van der Waals surface area contributed by atoms with Crippen molar-refractivity contribution >= 4 is 11.8 Å². The molecule has 0 bridgehead atoms. The lowest BCUT2D eigenvalue weighted by molar-refractivity contribution is -0.133. The molecule has 5 nitrogen and oxygen atoms in total. The van der Waals surface area contributed by atoms with E-state index in [9.17, 15) is 9.59 Å². The Hall–Kier alpha value is -2.04. The molecule has 0 aromatic heterocycles. The van der Waals surface area contributed by atoms with E-state index in [1.54, 1.807) is 13.2 Å². The van der Waals surface area contributed by atoms with Crippen LogP contribution in [0.5, 0.6) is 5.75 Å². The largest absolute Gasteiger partial charge is 0.496 e. The second-order valence-corrected chi connectivity index (χ2v) is 7.21. The summed E-state index contributed by atoms with van der Waals surface area (Å²) >= 11 is 0. The van der Waals surface area contributed by atoms with Gasteiger partial charge in [0.05, 0.1) is 7.11 Å². The van der Waals surface area contributed by atoms with Crippen LogP contribution in [0.4, 0.5) is 0 Å². The van der Waals surface area contributed by atoms with Gasteiger partial charge in [0, 0.05) is 38.2 Å². The van der Waals surface area contributed by atoms with Gasteiger partial charge in [-0.2, -0.15) is 0 Å². The number of hydrogen-bond donors (Lipinski definition) is 0. The van der Waals surface area contributed by atoms with Gasteiger partial charge >= 0.3 is 0 Å². The Labute approximate surface area is 149 Å². The average molecular weight is 344 g/mol. The summed E-state index contributed by atoms with van der Waals surface area (Å²) in [5, 5.41) is 0. The van der Waals surface area contributed by atoms with Crippen LogP contribution in [-0.2, 0) is 4.79 Å². The fourth-order valence-corrected chi connectivity index (χ4v) is 3.89. The van der Waals surface area contributed by atoms with E-state index < -0.39 is 0 Å². The summed E-state index contributed by atoms with van der Waals surface area (Å²) in [5.41, 5.74) is 1.66. The van der Waals surface area contributed by atoms with Crippen molar-refractivity contribution in [1.82, 2.24) is 9.80 Å². The number of ether oxygens (including phenoxy) is 1. The number of carbonyl (C=O) groups excluding carboxylic acids is 2. The molecule has 5 heteroatoms. The van der Waals surface area contributed by atoms with Crippen molar-refractivity contribution in [2.24, 2.45) is 5.92 Å². The lowest BCUT2D eigenvalue weighted by atomic mass is 10.0. The Bertz CT molecular complexity index is 630. The summed E-state index contributed by atoms with van der Waals surface area (Å²) < 4.78 is 5.31. The molecule has 0 spiro atoms. The smallest absolute Gasteiger partial charge is 0.254 e. The van der Waals surface area contributed by atoms with Gasteiger partial charge in [-0.1, -0.05) is 18.9 Å². The summed E-state index contributed by atoms with van der Waals surface area (Å²) in [6, 6.07) is 5.56. The van der Waals surface area contributed by atoms with E-state index in [2.05, 4.69) is 0 Å². The number of piperazine rings is 1. The maximum absolute atomic E-state index is 12.7. The highest BCUT2D eigenvalue weighted by molar-refractivity contribution is 5.95. The number of amides is 2. The van der Waals surface area contributed by atoms with Crippen LogP contribution in [0, 0.1) is 12.8 Å². The third-order valence-corrected chi connectivity index (χ3v) is 5.51. The fourth-order valence-electron chi connectivity index (χ4n) is 3.89. The predicted octanol–water partition coefficient (Wildman–Crippen LogP) is 2.87. The highest BCUT2D eigenvalue weighted by Gasteiger charge is 2.27. The number of benzene rings is 1. The fraction of sp³-hybridized carbons (Fsp3) is 0.600. The van der Waals surface area contributed by atoms with Crippen LogP contribution in [0.1, 0.15) is 48.0 Å². The molecule has 1 saturated heterocycles. The Kier molecular flexibility index (Phi) is 5.61. The summed E-state index contributed by atoms with van der Waals surface area (Å²) in [6.45, 7) is 4.44. The minimum Gasteiger partial charge on any atom is -0.496 e. The van der Waals surface area contributed by atoms with Gasteiger partial charge in [0.25, 0.3) is 5.91 Å². The Morgan fingerprint density at radius 3 is 2.36 bits per heavy atom. The minimum atomic E-state index is 0.0150. The summed E-state index contributed by atoms with van der Waals surface area (Å²) in [7, 11) is 1.62. The van der Waals surface area contributed by atoms with Gasteiger partial charge in [0.2, 0.25) is 5.91 Å². The third kappa shape index (κ3) is 4.14. The van der Waals surface area contributed by atoms with Gasteiger partial charge < -0.3 is 14.5 Å². The maximum atomic E-state index is 12.7. The Morgan fingerprint density at radius 2 is 1.72 bits per heavy atom. The summed E-state index contributed by atoms with van der Waals surface area (Å²) in [5.74, 6) is 1.58. The van der Waals surface area contributed by atoms with Crippen molar-refractivity contribution in [3.8, 4) is 5.75 Å². The summed E-state index contributed by atoms with van der Waals surface area (Å²) in [6.07, 6.45) is 5.60. The molecule has 0 N–H and O–H groups in total. The minimum absolute atomic E-state index is 0.0150. The molecule has 2 aliphatic rings. The van der Waals surface area contributed by atoms with Crippen LogP contribution in [0.3, 0.4) is 0 Å². The quantitative estimate of drug-likeness (QED) is 0.844. The SMILES string of the molecule is COc1cc(C(=O)N2CCN(C(=O)CC3CCCC3)CC2)ccc1C. The van der Waals surface area contributed by atoms with Gasteiger partial charge in [-0.3, -0.25) is 9.59 Å². The molecule has 1 heterocycles. The molecule has 0 unspecified atom stereocenters. The molecule has 0 atom stereocenters. The first-order chi connectivity index (χ1) is 12.1. The van der Waals surface area contributed by atoms with E-state index in [1.165, 1.54) is 25.7 Å². The van der Waals surface area contributed by atoms with Crippen LogP contribution in [0.2, 0.25) is 0 Å². The maximum Gasteiger partial charge on any atom is 0.254 e. The van der Waals surface area contributed by atoms with Crippen LogP contribution in [0.15, 0.2) is 18.2 Å². The topological polar surface area (TPSA) is 49.9 Å². The van der Waals surface area contributed by atoms with Crippen LogP contribution in [-0.4, -0.2) is 54.9 Å². The van der Waals surface area contributed by atoms with Gasteiger partial charge in [0.15, 0.2) is 0 Å². The lowest BCUT2D eigenvalue weighted by Crippen LogP contribution is -2.50. The number of hydrogen-bond acceptors (Lipinski definition) is 3. The molecule has 1 aromatic rings. The number of nitrogens with zero attached hydrogens (tertiary/aromatic N) is 2. The molecule has 136 valence electrons. The molecule has 0 radical (unpaired) electrons. The number of aryl methyl sites for hydroxylation is 1. The molecule has 1 aromatic carbocycles. The lowest BCUT2D eigenvalue weighted by Gasteiger charge is -2.35. The zero-order valence-electron chi connectivity index (χ0n) is 15.3. The van der Waals surface area contributed by atoms with Crippen LogP contribution >= 0.6 is 0 Å². The van der Waals surface area contributed by atoms with E-state index in [-0.39, 0.29) is 11.8 Å². The highest BCUT2D eigenvalue weighted by atomic mass is 16.5. The summed E-state index contributed by atoms with van der Waals surface area (Å²) in [4.78, 5) is 28.9. The zero-order valence-corrected chi connectivity index (χ0v) is 15.3. The highest BCUT2D eigenvalue weighted by Crippen LogP contribution is 2.28. The normalized spacial score (nSPS) is 18.5. The first-order valence-corrected chi connectivity index (χ1v) is 9.30. The first-order valence-electron chi connectivity index (χ1n) is 9.30. The van der Waals surface area contributed by atoms with Crippen molar-refractivity contribution in [2.45, 2.75) is 39.0 Å². The van der Waals surface area contributed by atoms with Crippen molar-refractivity contribution in [1.29, 1.82) is 0 Å². The second kappa shape index (κ2) is 7.89. The number of rotatable bonds is 4. The standard InChI is InChI=1S/C20H28N2O3/c1-15-7-8-17(14-18(15)25-2)20(24)22-11-9-21(10-12-22)19(23)13-16-5-3-4-6-16/h7-8,14,16H,3-6,9-13H2,1-2H3. The molecule has 2 fully saturated rings. The van der Waals surface area contributed by atoms with Gasteiger partial charge in [0.1, 0.15) is 5.75 Å². The molecular weight excluding hydrogens is 316 g/mol. The van der Waals surface area contributed by atoms with E-state index >= 15 is 0 Å². The van der Waals surface area contributed by atoms with Crippen LogP contribution in [0.25, 0.3) is 0 Å². The molecular formula is C20H28N2O3. The van der Waals surface area contributed by atoms with E-state index in [0.717, 1.165) is 11.3 Å². The molecule has 1 aliphatic carbocycles. The van der Waals surface area contributed by atoms with E-state index in [4.69, 9.17) is 4.74 Å². The number of methoxy groups -OCH3 is 1. The van der Waals surface area contributed by atoms with Crippen molar-refractivity contribution in [3.63, 3.8) is 0 Å². The first kappa shape index (κ1) is 17.8. The van der Waals surface area contributed by atoms with Crippen molar-refractivity contribution in [3.05, 3.63) is 29.3 Å². The molecule has 3 rings (SSSR count). The van der Waals surface area contributed by atoms with E-state index in [1.807, 2.05) is 28.9 Å². The number of carbonyl (C=O) groups is 2. The Balaban J connectivity index is 1.54. The second-order valence-electron chi connectivity index (χ2n) is 7.21. The molecule has 1 aliphatic heterocycles. The molecule has 1 saturated carbocycles. The Morgan fingerprint density at radius 1 is 1.08 bits per heavy atom. The average Bonchev–Trinajstić information content (AvgIpc) is 3.14. The van der Waals surface area contributed by atoms with Crippen LogP contribution < -0.4 is 4.74 Å². The predicted molar refractivity (Wildman–Crippen MR) is 96.8 cm³/mol.